The fraction of sp³-hybridized carbons (Fsp3) is 0.467. The molecule has 0 fully saturated rings. The topological polar surface area (TPSA) is 38.7 Å². The Balaban J connectivity index is 2.66. The molecule has 0 heterocycles. The SMILES string of the molecule is COCCCSCc1cc(OC)ccc1C#CCO. The lowest BCUT2D eigenvalue weighted by molar-refractivity contribution is 0.200. The van der Waals surface area contributed by atoms with Gasteiger partial charge in [-0.05, 0) is 35.9 Å². The highest BCUT2D eigenvalue weighted by Crippen LogP contribution is 2.22. The van der Waals surface area contributed by atoms with E-state index >= 15 is 0 Å². The third-order valence-corrected chi connectivity index (χ3v) is 3.60. The molecule has 1 N–H and O–H groups in total. The Morgan fingerprint density at radius 2 is 2.16 bits per heavy atom. The Bertz CT molecular complexity index is 435. The summed E-state index contributed by atoms with van der Waals surface area (Å²) in [5.41, 5.74) is 2.09. The molecule has 0 aliphatic carbocycles. The van der Waals surface area contributed by atoms with E-state index < -0.39 is 0 Å². The molecule has 0 saturated carbocycles. The van der Waals surface area contributed by atoms with E-state index in [1.807, 2.05) is 30.0 Å². The van der Waals surface area contributed by atoms with Gasteiger partial charge in [-0.2, -0.15) is 11.8 Å². The lowest BCUT2D eigenvalue weighted by Gasteiger charge is -2.07. The molecule has 19 heavy (non-hydrogen) atoms. The maximum atomic E-state index is 8.78. The first-order chi connectivity index (χ1) is 9.31. The number of methoxy groups -OCH3 is 2. The molecule has 0 bridgehead atoms. The first kappa shape index (κ1) is 15.9. The van der Waals surface area contributed by atoms with Crippen LogP contribution in [0.15, 0.2) is 18.2 Å². The molecule has 104 valence electrons. The molecule has 0 spiro atoms. The summed E-state index contributed by atoms with van der Waals surface area (Å²) in [4.78, 5) is 0. The van der Waals surface area contributed by atoms with Crippen LogP contribution >= 0.6 is 11.8 Å². The highest BCUT2D eigenvalue weighted by atomic mass is 32.2. The van der Waals surface area contributed by atoms with Gasteiger partial charge in [0.2, 0.25) is 0 Å². The molecule has 0 radical (unpaired) electrons. The molecule has 0 saturated heterocycles. The summed E-state index contributed by atoms with van der Waals surface area (Å²) in [5, 5.41) is 8.78. The van der Waals surface area contributed by atoms with Gasteiger partial charge in [0.05, 0.1) is 7.11 Å². The second kappa shape index (κ2) is 9.74. The van der Waals surface area contributed by atoms with Crippen molar-refractivity contribution in [3.05, 3.63) is 29.3 Å². The van der Waals surface area contributed by atoms with Crippen molar-refractivity contribution in [1.82, 2.24) is 0 Å². The van der Waals surface area contributed by atoms with Crippen molar-refractivity contribution in [2.75, 3.05) is 33.2 Å². The van der Waals surface area contributed by atoms with Gasteiger partial charge in [0.1, 0.15) is 12.4 Å². The maximum Gasteiger partial charge on any atom is 0.119 e. The minimum absolute atomic E-state index is 0.119. The number of benzene rings is 1. The second-order valence-corrected chi connectivity index (χ2v) is 4.99. The summed E-state index contributed by atoms with van der Waals surface area (Å²) < 4.78 is 10.3. The number of hydrogen-bond donors (Lipinski definition) is 1. The van der Waals surface area contributed by atoms with Gasteiger partial charge < -0.3 is 14.6 Å². The lowest BCUT2D eigenvalue weighted by atomic mass is 10.1. The second-order valence-electron chi connectivity index (χ2n) is 3.88. The van der Waals surface area contributed by atoms with Gasteiger partial charge in [-0.1, -0.05) is 11.8 Å². The zero-order valence-electron chi connectivity index (χ0n) is 11.4. The van der Waals surface area contributed by atoms with Crippen LogP contribution < -0.4 is 4.74 Å². The maximum absolute atomic E-state index is 8.78. The van der Waals surface area contributed by atoms with E-state index in [2.05, 4.69) is 11.8 Å². The Kier molecular flexibility index (Phi) is 8.15. The number of hydrogen-bond acceptors (Lipinski definition) is 4. The van der Waals surface area contributed by atoms with Gasteiger partial charge in [0.25, 0.3) is 0 Å². The summed E-state index contributed by atoms with van der Waals surface area (Å²) in [7, 11) is 3.37. The Hall–Kier alpha value is -1.15. The normalized spacial score (nSPS) is 9.84. The molecule has 0 amide bonds. The minimum Gasteiger partial charge on any atom is -0.497 e. The van der Waals surface area contributed by atoms with Crippen LogP contribution in [-0.4, -0.2) is 38.3 Å². The van der Waals surface area contributed by atoms with Crippen molar-refractivity contribution < 1.29 is 14.6 Å². The third kappa shape index (κ3) is 6.02. The zero-order valence-corrected chi connectivity index (χ0v) is 12.3. The van der Waals surface area contributed by atoms with E-state index in [9.17, 15) is 0 Å². The van der Waals surface area contributed by atoms with Crippen LogP contribution in [0.2, 0.25) is 0 Å². The highest BCUT2D eigenvalue weighted by molar-refractivity contribution is 7.98. The van der Waals surface area contributed by atoms with E-state index in [-0.39, 0.29) is 6.61 Å². The van der Waals surface area contributed by atoms with Gasteiger partial charge in [0, 0.05) is 25.0 Å². The number of rotatable bonds is 7. The lowest BCUT2D eigenvalue weighted by Crippen LogP contribution is -1.94. The van der Waals surface area contributed by atoms with Crippen LogP contribution in [0.4, 0.5) is 0 Å². The monoisotopic (exact) mass is 280 g/mol. The van der Waals surface area contributed by atoms with Crippen molar-refractivity contribution >= 4 is 11.8 Å². The van der Waals surface area contributed by atoms with E-state index in [0.717, 1.165) is 41.4 Å². The summed E-state index contributed by atoms with van der Waals surface area (Å²) in [6, 6.07) is 5.83. The van der Waals surface area contributed by atoms with E-state index in [1.165, 1.54) is 0 Å². The molecule has 0 unspecified atom stereocenters. The van der Waals surface area contributed by atoms with Gasteiger partial charge >= 0.3 is 0 Å². The Labute approximate surface area is 119 Å². The van der Waals surface area contributed by atoms with Crippen molar-refractivity contribution in [3.8, 4) is 17.6 Å². The van der Waals surface area contributed by atoms with Crippen LogP contribution in [0.1, 0.15) is 17.5 Å². The smallest absolute Gasteiger partial charge is 0.119 e. The number of ether oxygens (including phenoxy) is 2. The molecule has 0 aliphatic rings. The fourth-order valence-corrected chi connectivity index (χ4v) is 2.49. The summed E-state index contributed by atoms with van der Waals surface area (Å²) in [6.45, 7) is 0.675. The quantitative estimate of drug-likeness (QED) is 0.614. The first-order valence-corrected chi connectivity index (χ1v) is 7.30. The van der Waals surface area contributed by atoms with Crippen molar-refractivity contribution in [3.63, 3.8) is 0 Å². The first-order valence-electron chi connectivity index (χ1n) is 6.15. The molecule has 0 aliphatic heterocycles. The minimum atomic E-state index is -0.119. The number of aliphatic hydroxyl groups excluding tert-OH is 1. The molecule has 1 aromatic carbocycles. The molecule has 0 aromatic heterocycles. The molecule has 1 aromatic rings. The summed E-state index contributed by atoms with van der Waals surface area (Å²) >= 11 is 1.85. The molecular weight excluding hydrogens is 260 g/mol. The molecular formula is C15H20O3S. The van der Waals surface area contributed by atoms with Gasteiger partial charge in [-0.25, -0.2) is 0 Å². The zero-order chi connectivity index (χ0) is 13.9. The third-order valence-electron chi connectivity index (χ3n) is 2.51. The Morgan fingerprint density at radius 1 is 1.32 bits per heavy atom. The van der Waals surface area contributed by atoms with Crippen LogP contribution in [0.25, 0.3) is 0 Å². The highest BCUT2D eigenvalue weighted by Gasteiger charge is 2.03. The standard InChI is InChI=1S/C15H20O3S/c1-17-9-4-10-19-12-14-11-15(18-2)7-6-13(14)5-3-8-16/h6-7,11,16H,4,8-10,12H2,1-2H3. The van der Waals surface area contributed by atoms with Crippen molar-refractivity contribution in [2.24, 2.45) is 0 Å². The van der Waals surface area contributed by atoms with Crippen LogP contribution in [0.5, 0.6) is 5.75 Å². The average Bonchev–Trinajstić information content (AvgIpc) is 2.45. The van der Waals surface area contributed by atoms with E-state index in [4.69, 9.17) is 14.6 Å². The Morgan fingerprint density at radius 3 is 2.84 bits per heavy atom. The summed E-state index contributed by atoms with van der Waals surface area (Å²) in [5.74, 6) is 8.44. The van der Waals surface area contributed by atoms with Gasteiger partial charge in [0.15, 0.2) is 0 Å². The molecule has 0 atom stereocenters. The van der Waals surface area contributed by atoms with Crippen molar-refractivity contribution in [2.45, 2.75) is 12.2 Å². The van der Waals surface area contributed by atoms with Crippen molar-refractivity contribution in [1.29, 1.82) is 0 Å². The summed E-state index contributed by atoms with van der Waals surface area (Å²) in [6.07, 6.45) is 1.04. The number of thioether (sulfide) groups is 1. The predicted molar refractivity (Wildman–Crippen MR) is 79.6 cm³/mol. The van der Waals surface area contributed by atoms with Crippen LogP contribution in [-0.2, 0) is 10.5 Å². The molecule has 1 rings (SSSR count). The number of aliphatic hydroxyl groups is 1. The van der Waals surface area contributed by atoms with Crippen LogP contribution in [0.3, 0.4) is 0 Å². The molecule has 4 heteroatoms. The largest absolute Gasteiger partial charge is 0.497 e. The fourth-order valence-electron chi connectivity index (χ4n) is 1.56. The average molecular weight is 280 g/mol. The van der Waals surface area contributed by atoms with Crippen LogP contribution in [0, 0.1) is 11.8 Å². The van der Waals surface area contributed by atoms with Gasteiger partial charge in [-0.3, -0.25) is 0 Å². The van der Waals surface area contributed by atoms with E-state index in [0.29, 0.717) is 0 Å². The van der Waals surface area contributed by atoms with E-state index in [1.54, 1.807) is 14.2 Å². The van der Waals surface area contributed by atoms with Gasteiger partial charge in [-0.15, -0.1) is 0 Å². The predicted octanol–water partition coefficient (Wildman–Crippen LogP) is 2.31. The molecule has 3 nitrogen and oxygen atoms in total.